The Morgan fingerprint density at radius 1 is 1.02 bits per heavy atom. The fourth-order valence-corrected chi connectivity index (χ4v) is 6.05. The number of carbonyl (C=O) groups excluding carboxylic acids is 3. The Hall–Kier alpha value is -4.95. The molecule has 3 aromatic rings. The number of piperazine rings is 1. The molecule has 3 aliphatic rings. The summed E-state index contributed by atoms with van der Waals surface area (Å²) in [5.74, 6) is -0.428. The predicted octanol–water partition coefficient (Wildman–Crippen LogP) is 3.37. The summed E-state index contributed by atoms with van der Waals surface area (Å²) in [7, 11) is 1.56. The number of piperidine rings is 1. The number of carbonyl (C=O) groups is 3. The number of ether oxygens (including phenoxy) is 2. The summed E-state index contributed by atoms with van der Waals surface area (Å²) >= 11 is 0. The van der Waals surface area contributed by atoms with E-state index in [0.717, 1.165) is 37.4 Å². The van der Waals surface area contributed by atoms with Crippen molar-refractivity contribution >= 4 is 23.4 Å². The van der Waals surface area contributed by atoms with Gasteiger partial charge in [-0.15, -0.1) is 0 Å². The minimum Gasteiger partial charge on any atom is -0.495 e. The Bertz CT molecular complexity index is 1660. The highest BCUT2D eigenvalue weighted by molar-refractivity contribution is 6.05. The van der Waals surface area contributed by atoms with Gasteiger partial charge < -0.3 is 19.3 Å². The van der Waals surface area contributed by atoms with Gasteiger partial charge in [0.15, 0.2) is 0 Å². The predicted molar refractivity (Wildman–Crippen MR) is 158 cm³/mol. The second-order valence-electron chi connectivity index (χ2n) is 11.2. The monoisotopic (exact) mass is 597 g/mol. The van der Waals surface area contributed by atoms with Crippen LogP contribution in [0.25, 0.3) is 0 Å². The maximum absolute atomic E-state index is 15.2. The van der Waals surface area contributed by atoms with E-state index in [1.165, 1.54) is 4.90 Å². The number of nitrogens with one attached hydrogen (secondary N) is 1. The number of amides is 3. The molecule has 3 aromatic carbocycles. The quantitative estimate of drug-likeness (QED) is 0.393. The molecule has 10 nitrogen and oxygen atoms in total. The van der Waals surface area contributed by atoms with Crippen LogP contribution in [0.5, 0.6) is 11.5 Å². The van der Waals surface area contributed by atoms with Crippen LogP contribution in [-0.4, -0.2) is 66.9 Å². The number of halogens is 1. The van der Waals surface area contributed by atoms with Crippen molar-refractivity contribution in [2.75, 3.05) is 38.2 Å². The number of methoxy groups -OCH3 is 1. The SMILES string of the molecule is COc1cc(N2CCN(Cc3ccc(COc4cccc5c4CN([C@H]4CCC(=O)NC4=O)C5=O)c(F)c3)CC2)ccc1C#N. The number of fused-ring (bicyclic) bond motifs is 1. The number of benzene rings is 3. The Morgan fingerprint density at radius 3 is 2.57 bits per heavy atom. The molecule has 0 aromatic heterocycles. The first-order valence-electron chi connectivity index (χ1n) is 14.6. The van der Waals surface area contributed by atoms with Crippen LogP contribution >= 0.6 is 0 Å². The van der Waals surface area contributed by atoms with Gasteiger partial charge in [-0.2, -0.15) is 5.26 Å². The average Bonchev–Trinajstić information content (AvgIpc) is 3.37. The molecule has 3 heterocycles. The molecule has 0 spiro atoms. The van der Waals surface area contributed by atoms with Crippen LogP contribution in [0.15, 0.2) is 54.6 Å². The third-order valence-electron chi connectivity index (χ3n) is 8.49. The van der Waals surface area contributed by atoms with Gasteiger partial charge in [-0.3, -0.25) is 24.6 Å². The zero-order valence-electron chi connectivity index (χ0n) is 24.3. The van der Waals surface area contributed by atoms with Gasteiger partial charge in [-0.1, -0.05) is 18.2 Å². The smallest absolute Gasteiger partial charge is 0.255 e. The molecule has 2 fully saturated rings. The first-order chi connectivity index (χ1) is 21.3. The molecule has 11 heteroatoms. The molecule has 44 heavy (non-hydrogen) atoms. The number of hydrogen-bond acceptors (Lipinski definition) is 8. The molecular weight excluding hydrogens is 565 g/mol. The highest BCUT2D eigenvalue weighted by Crippen LogP contribution is 2.34. The van der Waals surface area contributed by atoms with Crippen LogP contribution in [-0.2, 0) is 29.3 Å². The zero-order valence-corrected chi connectivity index (χ0v) is 24.3. The number of rotatable bonds is 8. The number of anilines is 1. The van der Waals surface area contributed by atoms with Gasteiger partial charge in [0.05, 0.1) is 19.2 Å². The number of nitrogens with zero attached hydrogens (tertiary/aromatic N) is 4. The fourth-order valence-electron chi connectivity index (χ4n) is 6.05. The minimum atomic E-state index is -0.715. The number of hydrogen-bond donors (Lipinski definition) is 1. The molecule has 1 N–H and O–H groups in total. The van der Waals surface area contributed by atoms with E-state index >= 15 is 4.39 Å². The van der Waals surface area contributed by atoms with E-state index in [1.54, 1.807) is 43.5 Å². The van der Waals surface area contributed by atoms with E-state index in [1.807, 2.05) is 18.2 Å². The number of imide groups is 1. The molecule has 0 bridgehead atoms. The topological polar surface area (TPSA) is 115 Å². The molecule has 0 radical (unpaired) electrons. The molecule has 3 aliphatic heterocycles. The molecule has 0 saturated carbocycles. The Labute approximate surface area is 254 Å². The summed E-state index contributed by atoms with van der Waals surface area (Å²) in [6, 6.07) is 17.3. The molecule has 1 atom stereocenters. The van der Waals surface area contributed by atoms with Crippen LogP contribution < -0.4 is 19.7 Å². The Morgan fingerprint density at radius 2 is 1.84 bits per heavy atom. The zero-order chi connectivity index (χ0) is 30.8. The average molecular weight is 598 g/mol. The van der Waals surface area contributed by atoms with E-state index in [2.05, 4.69) is 21.2 Å². The van der Waals surface area contributed by atoms with E-state index in [4.69, 9.17) is 9.47 Å². The van der Waals surface area contributed by atoms with Gasteiger partial charge in [0.25, 0.3) is 5.91 Å². The molecule has 0 unspecified atom stereocenters. The molecule has 6 rings (SSSR count). The van der Waals surface area contributed by atoms with Crippen molar-refractivity contribution in [3.63, 3.8) is 0 Å². The highest BCUT2D eigenvalue weighted by atomic mass is 19.1. The fraction of sp³-hybridized carbons (Fsp3) is 0.333. The van der Waals surface area contributed by atoms with Gasteiger partial charge in [-0.25, -0.2) is 4.39 Å². The molecule has 3 amide bonds. The van der Waals surface area contributed by atoms with Crippen LogP contribution in [0.4, 0.5) is 10.1 Å². The van der Waals surface area contributed by atoms with E-state index in [-0.39, 0.29) is 43.6 Å². The van der Waals surface area contributed by atoms with E-state index < -0.39 is 11.9 Å². The Kier molecular flexibility index (Phi) is 8.17. The lowest BCUT2D eigenvalue weighted by Gasteiger charge is -2.36. The number of nitriles is 1. The normalized spacial score (nSPS) is 18.6. The second kappa shape index (κ2) is 12.3. The summed E-state index contributed by atoms with van der Waals surface area (Å²) in [4.78, 5) is 43.0. The van der Waals surface area contributed by atoms with E-state index in [9.17, 15) is 19.6 Å². The van der Waals surface area contributed by atoms with Crippen LogP contribution in [0.2, 0.25) is 0 Å². The summed E-state index contributed by atoms with van der Waals surface area (Å²) in [6.07, 6.45) is 0.458. The maximum atomic E-state index is 15.2. The lowest BCUT2D eigenvalue weighted by atomic mass is 10.0. The third-order valence-corrected chi connectivity index (χ3v) is 8.49. The minimum absolute atomic E-state index is 0.0120. The molecule has 0 aliphatic carbocycles. The standard InChI is InChI=1S/C33H32FN5O5/c1-43-30-16-24(8-7-22(30)17-35)38-13-11-37(12-14-38)18-21-5-6-23(27(34)15-21)20-44-29-4-2-3-25-26(29)19-39(33(25)42)28-9-10-31(40)36-32(28)41/h2-8,15-16,28H,9-14,18-20H2,1H3,(H,36,40,41)/t28-/m0/s1. The highest BCUT2D eigenvalue weighted by Gasteiger charge is 2.40. The molecular formula is C33H32FN5O5. The Balaban J connectivity index is 1.05. The van der Waals surface area contributed by atoms with Gasteiger partial charge in [0, 0.05) is 67.6 Å². The van der Waals surface area contributed by atoms with Crippen molar-refractivity contribution in [1.82, 2.24) is 15.1 Å². The maximum Gasteiger partial charge on any atom is 0.255 e. The van der Waals surface area contributed by atoms with Crippen LogP contribution in [0.3, 0.4) is 0 Å². The third kappa shape index (κ3) is 5.81. The van der Waals surface area contributed by atoms with Crippen molar-refractivity contribution in [3.05, 3.63) is 88.2 Å². The van der Waals surface area contributed by atoms with Crippen molar-refractivity contribution < 1.29 is 28.2 Å². The van der Waals surface area contributed by atoms with Crippen molar-refractivity contribution in [2.24, 2.45) is 0 Å². The summed E-state index contributed by atoms with van der Waals surface area (Å²) in [5.41, 5.74) is 3.88. The first-order valence-corrected chi connectivity index (χ1v) is 14.6. The van der Waals surface area contributed by atoms with Gasteiger partial charge in [0.2, 0.25) is 11.8 Å². The summed E-state index contributed by atoms with van der Waals surface area (Å²) < 4.78 is 26.5. The van der Waals surface area contributed by atoms with Crippen molar-refractivity contribution in [3.8, 4) is 17.6 Å². The van der Waals surface area contributed by atoms with Crippen LogP contribution in [0.1, 0.15) is 45.5 Å². The lowest BCUT2D eigenvalue weighted by Crippen LogP contribution is -2.52. The van der Waals surface area contributed by atoms with Crippen LogP contribution in [0, 0.1) is 17.1 Å². The second-order valence-corrected chi connectivity index (χ2v) is 11.2. The van der Waals surface area contributed by atoms with Gasteiger partial charge >= 0.3 is 0 Å². The van der Waals surface area contributed by atoms with Gasteiger partial charge in [-0.05, 0) is 42.3 Å². The summed E-state index contributed by atoms with van der Waals surface area (Å²) in [6.45, 7) is 4.01. The van der Waals surface area contributed by atoms with Crippen molar-refractivity contribution in [2.45, 2.75) is 38.6 Å². The van der Waals surface area contributed by atoms with Gasteiger partial charge in [0.1, 0.15) is 36.0 Å². The lowest BCUT2D eigenvalue weighted by molar-refractivity contribution is -0.136. The summed E-state index contributed by atoms with van der Waals surface area (Å²) in [5, 5.41) is 11.5. The van der Waals surface area contributed by atoms with E-state index in [0.29, 0.717) is 40.3 Å². The first kappa shape index (κ1) is 29.1. The van der Waals surface area contributed by atoms with Crippen molar-refractivity contribution in [1.29, 1.82) is 5.26 Å². The largest absolute Gasteiger partial charge is 0.495 e. The molecule has 226 valence electrons. The molecule has 2 saturated heterocycles.